The summed E-state index contributed by atoms with van der Waals surface area (Å²) in [5.41, 5.74) is 4.46. The summed E-state index contributed by atoms with van der Waals surface area (Å²) in [6, 6.07) is 13.1. The number of amides is 1. The van der Waals surface area contributed by atoms with E-state index in [4.69, 9.17) is 5.11 Å². The minimum absolute atomic E-state index is 0.0159. The van der Waals surface area contributed by atoms with E-state index in [2.05, 4.69) is 5.32 Å². The molecule has 2 aromatic rings. The molecule has 2 unspecified atom stereocenters. The number of hydrogen-bond donors (Lipinski definition) is 2. The molecule has 0 bridgehead atoms. The van der Waals surface area contributed by atoms with Gasteiger partial charge in [-0.15, -0.1) is 0 Å². The van der Waals surface area contributed by atoms with Gasteiger partial charge in [0.2, 0.25) is 5.91 Å². The number of carbonyl (C=O) groups is 1. The van der Waals surface area contributed by atoms with Gasteiger partial charge in [0.25, 0.3) is 0 Å². The van der Waals surface area contributed by atoms with Crippen molar-refractivity contribution in [1.29, 1.82) is 0 Å². The molecule has 24 heavy (non-hydrogen) atoms. The Morgan fingerprint density at radius 2 is 1.62 bits per heavy atom. The van der Waals surface area contributed by atoms with E-state index in [0.29, 0.717) is 5.75 Å². The topological polar surface area (TPSA) is 66.4 Å². The van der Waals surface area contributed by atoms with E-state index in [0.717, 1.165) is 27.9 Å². The molecule has 5 heteroatoms. The highest BCUT2D eigenvalue weighted by Gasteiger charge is 2.21. The monoisotopic (exact) mass is 345 g/mol. The molecule has 128 valence electrons. The van der Waals surface area contributed by atoms with Crippen LogP contribution in [0.15, 0.2) is 42.5 Å². The van der Waals surface area contributed by atoms with Crippen molar-refractivity contribution in [2.45, 2.75) is 38.4 Å². The van der Waals surface area contributed by atoms with E-state index in [-0.39, 0.29) is 12.5 Å². The number of aryl methyl sites for hydroxylation is 2. The Morgan fingerprint density at radius 3 is 2.17 bits per heavy atom. The number of hydrogen-bond acceptors (Lipinski definition) is 3. The van der Waals surface area contributed by atoms with E-state index in [9.17, 15) is 9.00 Å². The maximum absolute atomic E-state index is 12.5. The van der Waals surface area contributed by atoms with Crippen molar-refractivity contribution in [3.05, 3.63) is 64.7 Å². The van der Waals surface area contributed by atoms with Crippen molar-refractivity contribution in [2.75, 3.05) is 5.32 Å². The normalized spacial score (nSPS) is 13.3. The molecular formula is C19H23NO3S. The van der Waals surface area contributed by atoms with E-state index in [1.807, 2.05) is 44.2 Å². The molecule has 2 rings (SSSR count). The fourth-order valence-electron chi connectivity index (χ4n) is 2.39. The number of benzene rings is 2. The molecule has 2 N–H and O–H groups in total. The Morgan fingerprint density at radius 1 is 1.08 bits per heavy atom. The molecule has 0 saturated carbocycles. The summed E-state index contributed by atoms with van der Waals surface area (Å²) in [6.45, 7) is 5.54. The van der Waals surface area contributed by atoms with Crippen LogP contribution in [0.1, 0.15) is 29.2 Å². The van der Waals surface area contributed by atoms with E-state index >= 15 is 0 Å². The zero-order valence-electron chi connectivity index (χ0n) is 14.2. The Kier molecular flexibility index (Phi) is 6.29. The molecule has 0 spiro atoms. The van der Waals surface area contributed by atoms with Gasteiger partial charge in [-0.2, -0.15) is 0 Å². The first-order valence-electron chi connectivity index (χ1n) is 7.85. The van der Waals surface area contributed by atoms with Gasteiger partial charge in [-0.25, -0.2) is 0 Å². The van der Waals surface area contributed by atoms with Gasteiger partial charge in [-0.3, -0.25) is 9.00 Å². The summed E-state index contributed by atoms with van der Waals surface area (Å²) < 4.78 is 12.5. The molecule has 0 aromatic heterocycles. The second kappa shape index (κ2) is 8.22. The van der Waals surface area contributed by atoms with Gasteiger partial charge >= 0.3 is 0 Å². The van der Waals surface area contributed by atoms with Gasteiger partial charge in [0, 0.05) is 22.2 Å². The minimum atomic E-state index is -1.32. The van der Waals surface area contributed by atoms with Crippen LogP contribution >= 0.6 is 0 Å². The van der Waals surface area contributed by atoms with E-state index < -0.39 is 16.0 Å². The number of nitrogens with one attached hydrogen (secondary N) is 1. The molecule has 2 atom stereocenters. The fourth-order valence-corrected chi connectivity index (χ4v) is 3.45. The van der Waals surface area contributed by atoms with Gasteiger partial charge in [0.15, 0.2) is 0 Å². The number of para-hydroxylation sites is 1. The molecule has 0 saturated heterocycles. The number of aliphatic hydroxyl groups excluding tert-OH is 1. The lowest BCUT2D eigenvalue weighted by Gasteiger charge is -2.15. The summed E-state index contributed by atoms with van der Waals surface area (Å²) in [7, 11) is -1.32. The van der Waals surface area contributed by atoms with Crippen LogP contribution < -0.4 is 5.32 Å². The molecular weight excluding hydrogens is 322 g/mol. The zero-order chi connectivity index (χ0) is 17.7. The summed E-state index contributed by atoms with van der Waals surface area (Å²) in [5.74, 6) is 0.0743. The quantitative estimate of drug-likeness (QED) is 0.845. The van der Waals surface area contributed by atoms with Crippen molar-refractivity contribution in [3.8, 4) is 0 Å². The third-order valence-electron chi connectivity index (χ3n) is 4.01. The predicted molar refractivity (Wildman–Crippen MR) is 98.2 cm³/mol. The smallest absolute Gasteiger partial charge is 0.239 e. The number of rotatable bonds is 6. The van der Waals surface area contributed by atoms with Crippen LogP contribution in [0.2, 0.25) is 0 Å². The third-order valence-corrected chi connectivity index (χ3v) is 5.63. The van der Waals surface area contributed by atoms with E-state index in [1.165, 1.54) is 0 Å². The van der Waals surface area contributed by atoms with Crippen LogP contribution in [0.4, 0.5) is 5.69 Å². The molecule has 0 radical (unpaired) electrons. The average Bonchev–Trinajstić information content (AvgIpc) is 2.58. The molecule has 4 nitrogen and oxygen atoms in total. The van der Waals surface area contributed by atoms with Crippen molar-refractivity contribution < 1.29 is 14.1 Å². The molecule has 0 heterocycles. The first-order valence-corrected chi connectivity index (χ1v) is 9.23. The molecule has 1 amide bonds. The van der Waals surface area contributed by atoms with Crippen LogP contribution in [0.3, 0.4) is 0 Å². The van der Waals surface area contributed by atoms with Gasteiger partial charge in [0.05, 0.1) is 6.61 Å². The zero-order valence-corrected chi connectivity index (χ0v) is 15.0. The molecule has 0 aliphatic carbocycles. The van der Waals surface area contributed by atoms with Crippen LogP contribution in [-0.4, -0.2) is 20.5 Å². The number of aliphatic hydroxyl groups is 1. The average molecular weight is 345 g/mol. The summed E-state index contributed by atoms with van der Waals surface area (Å²) in [4.78, 5) is 12.4. The third kappa shape index (κ3) is 4.52. The van der Waals surface area contributed by atoms with Gasteiger partial charge < -0.3 is 10.4 Å². The summed E-state index contributed by atoms with van der Waals surface area (Å²) in [6.07, 6.45) is 0. The molecule has 0 aliphatic heterocycles. The lowest BCUT2D eigenvalue weighted by Crippen LogP contribution is -2.30. The molecule has 2 aromatic carbocycles. The lowest BCUT2D eigenvalue weighted by atomic mass is 10.1. The minimum Gasteiger partial charge on any atom is -0.392 e. The van der Waals surface area contributed by atoms with Crippen LogP contribution in [0, 0.1) is 13.8 Å². The van der Waals surface area contributed by atoms with Crippen LogP contribution in [0.25, 0.3) is 0 Å². The highest BCUT2D eigenvalue weighted by atomic mass is 32.2. The standard InChI is InChI=1S/C19H23NO3S/c1-13-5-4-6-14(2)18(13)20-19(22)15(3)24(23)12-17-9-7-16(11-21)8-10-17/h4-10,15,21H,11-12H2,1-3H3,(H,20,22). The fraction of sp³-hybridized carbons (Fsp3) is 0.316. The first kappa shape index (κ1) is 18.4. The van der Waals surface area contributed by atoms with Crippen molar-refractivity contribution >= 4 is 22.4 Å². The largest absolute Gasteiger partial charge is 0.392 e. The second-order valence-electron chi connectivity index (χ2n) is 5.90. The Labute approximate surface area is 145 Å². The van der Waals surface area contributed by atoms with Crippen molar-refractivity contribution in [3.63, 3.8) is 0 Å². The maximum Gasteiger partial charge on any atom is 0.239 e. The first-order chi connectivity index (χ1) is 11.4. The Hall–Kier alpha value is -1.98. The lowest BCUT2D eigenvalue weighted by molar-refractivity contribution is -0.115. The summed E-state index contributed by atoms with van der Waals surface area (Å²) in [5, 5.41) is 11.3. The SMILES string of the molecule is Cc1cccc(C)c1NC(=O)C(C)S(=O)Cc1ccc(CO)cc1. The van der Waals surface area contributed by atoms with Gasteiger partial charge in [-0.05, 0) is 43.0 Å². The molecule has 0 aliphatic rings. The van der Waals surface area contributed by atoms with E-state index in [1.54, 1.807) is 19.1 Å². The van der Waals surface area contributed by atoms with Crippen molar-refractivity contribution in [2.24, 2.45) is 0 Å². The molecule has 0 fully saturated rings. The summed E-state index contributed by atoms with van der Waals surface area (Å²) >= 11 is 0. The predicted octanol–water partition coefficient (Wildman–Crippen LogP) is 3.07. The maximum atomic E-state index is 12.5. The number of carbonyl (C=O) groups excluding carboxylic acids is 1. The van der Waals surface area contributed by atoms with Crippen LogP contribution in [0.5, 0.6) is 0 Å². The Balaban J connectivity index is 2.02. The second-order valence-corrected chi connectivity index (χ2v) is 7.66. The van der Waals surface area contributed by atoms with Crippen molar-refractivity contribution in [1.82, 2.24) is 0 Å². The van der Waals surface area contributed by atoms with Gasteiger partial charge in [-0.1, -0.05) is 42.5 Å². The van der Waals surface area contributed by atoms with Gasteiger partial charge in [0.1, 0.15) is 5.25 Å². The van der Waals surface area contributed by atoms with Crippen LogP contribution in [-0.2, 0) is 28.0 Å². The number of anilines is 1. The highest BCUT2D eigenvalue weighted by molar-refractivity contribution is 7.85. The Bertz CT molecular complexity index is 721. The highest BCUT2D eigenvalue weighted by Crippen LogP contribution is 2.20.